The Morgan fingerprint density at radius 3 is 0.819 bits per heavy atom. The summed E-state index contributed by atoms with van der Waals surface area (Å²) in [5.41, 5.74) is 0. The van der Waals surface area contributed by atoms with Crippen LogP contribution in [0, 0.1) is 5.92 Å². The Hall–Kier alpha value is -1.94. The lowest BCUT2D eigenvalue weighted by Crippen LogP contribution is -2.30. The number of hydrogen-bond acceptors (Lipinski definition) is 15. The number of rotatable bonds is 64. The summed E-state index contributed by atoms with van der Waals surface area (Å²) < 4.78 is 67.6. The van der Waals surface area contributed by atoms with Gasteiger partial charge in [-0.1, -0.05) is 272 Å². The standard InChI is InChI=1S/C64H124O17P2/c1-6-9-12-15-16-17-18-19-20-21-22-25-29-32-35-40-45-50-64(69)81-60(54-75-62(67)48-43-39-34-31-28-26-23-24-27-30-33-38-41-46-57(4)5)56-79-83(72,73)77-52-58(65)51-76-82(70,71)78-55-59(80-63(68)49-44-37-14-11-8-3)53-74-61(66)47-42-36-13-10-7-2/h57-60,65H,6-56H2,1-5H3,(H,70,71)(H,72,73)/t58-,59+,60+/m0/s1. The van der Waals surface area contributed by atoms with Crippen LogP contribution in [0.25, 0.3) is 0 Å². The number of ether oxygens (including phenoxy) is 4. The third kappa shape index (κ3) is 58.8. The van der Waals surface area contributed by atoms with Crippen LogP contribution >= 0.6 is 15.6 Å². The van der Waals surface area contributed by atoms with Crippen molar-refractivity contribution in [2.75, 3.05) is 39.6 Å². The topological polar surface area (TPSA) is 237 Å². The van der Waals surface area contributed by atoms with Gasteiger partial charge in [-0.3, -0.25) is 37.3 Å². The molecule has 492 valence electrons. The summed E-state index contributed by atoms with van der Waals surface area (Å²) in [7, 11) is -9.87. The van der Waals surface area contributed by atoms with Gasteiger partial charge in [0.05, 0.1) is 26.4 Å². The molecule has 17 nitrogen and oxygen atoms in total. The van der Waals surface area contributed by atoms with Crippen LogP contribution in [0.5, 0.6) is 0 Å². The van der Waals surface area contributed by atoms with Crippen LogP contribution in [-0.2, 0) is 65.4 Å². The Balaban J connectivity index is 5.09. The molecule has 0 saturated carbocycles. The van der Waals surface area contributed by atoms with Crippen molar-refractivity contribution >= 4 is 39.5 Å². The van der Waals surface area contributed by atoms with Crippen LogP contribution in [0.4, 0.5) is 0 Å². The average Bonchev–Trinajstić information content (AvgIpc) is 3.46. The molecular weight excluding hydrogens is 1100 g/mol. The van der Waals surface area contributed by atoms with Crippen LogP contribution in [0.15, 0.2) is 0 Å². The van der Waals surface area contributed by atoms with Crippen molar-refractivity contribution in [1.82, 2.24) is 0 Å². The van der Waals surface area contributed by atoms with Crippen molar-refractivity contribution in [3.8, 4) is 0 Å². The predicted molar refractivity (Wildman–Crippen MR) is 331 cm³/mol. The molecular formula is C64H124O17P2. The molecule has 0 aliphatic carbocycles. The van der Waals surface area contributed by atoms with E-state index in [2.05, 4.69) is 34.6 Å². The van der Waals surface area contributed by atoms with E-state index in [9.17, 15) is 43.2 Å². The number of phosphoric ester groups is 2. The highest BCUT2D eigenvalue weighted by Gasteiger charge is 2.30. The Bertz CT molecular complexity index is 1620. The number of aliphatic hydroxyl groups excluding tert-OH is 1. The summed E-state index contributed by atoms with van der Waals surface area (Å²) in [5, 5.41) is 10.5. The minimum Gasteiger partial charge on any atom is -0.462 e. The van der Waals surface area contributed by atoms with Crippen molar-refractivity contribution in [3.05, 3.63) is 0 Å². The fourth-order valence-electron chi connectivity index (χ4n) is 9.58. The first-order valence-electron chi connectivity index (χ1n) is 33.6. The van der Waals surface area contributed by atoms with Crippen LogP contribution in [0.3, 0.4) is 0 Å². The Morgan fingerprint density at radius 1 is 0.325 bits per heavy atom. The van der Waals surface area contributed by atoms with Gasteiger partial charge in [0.15, 0.2) is 12.2 Å². The van der Waals surface area contributed by atoms with E-state index >= 15 is 0 Å². The SMILES string of the molecule is CCCCCCCCCCCCCCCCCCCC(=O)O[C@H](COC(=O)CCCCCCCCCCCCCCCC(C)C)COP(=O)(O)OC[C@@H](O)COP(=O)(O)OC[C@@H](COC(=O)CCCCCCC)OC(=O)CCCCCCC. The van der Waals surface area contributed by atoms with E-state index in [0.29, 0.717) is 25.7 Å². The number of carbonyl (C=O) groups is 4. The lowest BCUT2D eigenvalue weighted by Gasteiger charge is -2.21. The average molecular weight is 1230 g/mol. The fraction of sp³-hybridized carbons (Fsp3) is 0.938. The third-order valence-electron chi connectivity index (χ3n) is 14.8. The number of aliphatic hydroxyl groups is 1. The van der Waals surface area contributed by atoms with E-state index in [0.717, 1.165) is 102 Å². The van der Waals surface area contributed by atoms with Gasteiger partial charge in [0, 0.05) is 25.7 Å². The number of carbonyl (C=O) groups excluding carboxylic acids is 4. The van der Waals surface area contributed by atoms with Gasteiger partial charge in [-0.05, 0) is 31.6 Å². The number of esters is 4. The maximum absolute atomic E-state index is 13.0. The zero-order valence-electron chi connectivity index (χ0n) is 53.3. The maximum atomic E-state index is 13.0. The molecule has 0 aromatic heterocycles. The van der Waals surface area contributed by atoms with Crippen molar-refractivity contribution in [3.63, 3.8) is 0 Å². The molecule has 0 rings (SSSR count). The molecule has 3 N–H and O–H groups in total. The van der Waals surface area contributed by atoms with Gasteiger partial charge >= 0.3 is 39.5 Å². The van der Waals surface area contributed by atoms with Crippen molar-refractivity contribution in [2.45, 2.75) is 342 Å². The summed E-state index contributed by atoms with van der Waals surface area (Å²) in [4.78, 5) is 71.7. The Morgan fingerprint density at radius 2 is 0.554 bits per heavy atom. The van der Waals surface area contributed by atoms with E-state index < -0.39 is 97.5 Å². The Kier molecular flexibility index (Phi) is 56.4. The smallest absolute Gasteiger partial charge is 0.462 e. The predicted octanol–water partition coefficient (Wildman–Crippen LogP) is 17.8. The zero-order valence-corrected chi connectivity index (χ0v) is 55.1. The molecule has 5 atom stereocenters. The van der Waals surface area contributed by atoms with E-state index in [1.54, 1.807) is 0 Å². The van der Waals surface area contributed by atoms with E-state index in [1.165, 1.54) is 141 Å². The molecule has 0 aromatic carbocycles. The van der Waals surface area contributed by atoms with E-state index in [4.69, 9.17) is 37.0 Å². The first kappa shape index (κ1) is 81.1. The van der Waals surface area contributed by atoms with Crippen LogP contribution in [0.1, 0.15) is 324 Å². The molecule has 2 unspecified atom stereocenters. The normalized spacial score (nSPS) is 14.2. The summed E-state index contributed by atoms with van der Waals surface area (Å²) in [6, 6.07) is 0. The van der Waals surface area contributed by atoms with Gasteiger partial charge in [-0.2, -0.15) is 0 Å². The highest BCUT2D eigenvalue weighted by Crippen LogP contribution is 2.45. The fourth-order valence-corrected chi connectivity index (χ4v) is 11.2. The molecule has 0 spiro atoms. The summed E-state index contributed by atoms with van der Waals surface area (Å²) in [6.45, 7) is 7.03. The largest absolute Gasteiger partial charge is 0.472 e. The number of phosphoric acid groups is 2. The molecule has 0 saturated heterocycles. The summed E-state index contributed by atoms with van der Waals surface area (Å²) >= 11 is 0. The number of hydrogen-bond donors (Lipinski definition) is 3. The maximum Gasteiger partial charge on any atom is 0.472 e. The van der Waals surface area contributed by atoms with Crippen molar-refractivity contribution in [2.24, 2.45) is 5.92 Å². The first-order chi connectivity index (χ1) is 40.0. The quantitative estimate of drug-likeness (QED) is 0.0222. The van der Waals surface area contributed by atoms with Crippen molar-refractivity contribution < 1.29 is 80.2 Å². The second-order valence-electron chi connectivity index (χ2n) is 23.6. The Labute approximate surface area is 505 Å². The number of unbranched alkanes of at least 4 members (excludes halogenated alkanes) is 36. The molecule has 0 aromatic rings. The molecule has 0 fully saturated rings. The molecule has 0 amide bonds. The van der Waals surface area contributed by atoms with Gasteiger partial charge in [0.25, 0.3) is 0 Å². The molecule has 0 aliphatic rings. The van der Waals surface area contributed by atoms with Gasteiger partial charge in [0.2, 0.25) is 0 Å². The highest BCUT2D eigenvalue weighted by atomic mass is 31.2. The van der Waals surface area contributed by atoms with Crippen LogP contribution in [0.2, 0.25) is 0 Å². The molecule has 0 heterocycles. The second-order valence-corrected chi connectivity index (χ2v) is 26.5. The van der Waals surface area contributed by atoms with E-state index in [-0.39, 0.29) is 25.7 Å². The van der Waals surface area contributed by atoms with Crippen LogP contribution < -0.4 is 0 Å². The molecule has 0 bridgehead atoms. The van der Waals surface area contributed by atoms with Crippen LogP contribution in [-0.4, -0.2) is 96.7 Å². The van der Waals surface area contributed by atoms with E-state index in [1.807, 2.05) is 0 Å². The highest BCUT2D eigenvalue weighted by molar-refractivity contribution is 7.47. The first-order valence-corrected chi connectivity index (χ1v) is 36.6. The van der Waals surface area contributed by atoms with Crippen molar-refractivity contribution in [1.29, 1.82) is 0 Å². The summed E-state index contributed by atoms with van der Waals surface area (Å²) in [5.74, 6) is -1.36. The van der Waals surface area contributed by atoms with Gasteiger partial charge in [-0.15, -0.1) is 0 Å². The monoisotopic (exact) mass is 1230 g/mol. The van der Waals surface area contributed by atoms with Gasteiger partial charge < -0.3 is 33.8 Å². The zero-order chi connectivity index (χ0) is 61.3. The lowest BCUT2D eigenvalue weighted by atomic mass is 10.0. The molecule has 0 radical (unpaired) electrons. The third-order valence-corrected chi connectivity index (χ3v) is 16.7. The summed E-state index contributed by atoms with van der Waals surface area (Å²) in [6.07, 6.45) is 42.6. The van der Waals surface area contributed by atoms with Gasteiger partial charge in [-0.25, -0.2) is 9.13 Å². The minimum atomic E-state index is -4.94. The lowest BCUT2D eigenvalue weighted by molar-refractivity contribution is -0.161. The molecule has 0 aliphatic heterocycles. The molecule has 83 heavy (non-hydrogen) atoms. The second kappa shape index (κ2) is 57.8. The van der Waals surface area contributed by atoms with Gasteiger partial charge in [0.1, 0.15) is 19.3 Å². The minimum absolute atomic E-state index is 0.0990. The molecule has 19 heteroatoms.